The highest BCUT2D eigenvalue weighted by Gasteiger charge is 2.49. The third kappa shape index (κ3) is 3.48. The van der Waals surface area contributed by atoms with Gasteiger partial charge < -0.3 is 10.2 Å². The van der Waals surface area contributed by atoms with Gasteiger partial charge in [0.1, 0.15) is 0 Å². The Balaban J connectivity index is 1.62. The van der Waals surface area contributed by atoms with Gasteiger partial charge in [0.25, 0.3) is 0 Å². The molecule has 0 heterocycles. The van der Waals surface area contributed by atoms with Crippen molar-refractivity contribution >= 4 is 23.2 Å². The van der Waals surface area contributed by atoms with Crippen LogP contribution in [0.1, 0.15) is 17.5 Å². The van der Waals surface area contributed by atoms with Gasteiger partial charge in [-0.3, -0.25) is 9.59 Å². The lowest BCUT2D eigenvalue weighted by Gasteiger charge is -2.17. The topological polar surface area (TPSA) is 49.4 Å². The molecule has 4 heteroatoms. The first-order valence-corrected chi connectivity index (χ1v) is 8.17. The molecule has 2 aromatic carbocycles. The molecular weight excluding hydrogens is 300 g/mol. The Hall–Kier alpha value is -2.62. The maximum Gasteiger partial charge on any atom is 0.230 e. The summed E-state index contributed by atoms with van der Waals surface area (Å²) in [5, 5.41) is 2.94. The van der Waals surface area contributed by atoms with Gasteiger partial charge in [-0.25, -0.2) is 0 Å². The third-order valence-electron chi connectivity index (χ3n) is 4.41. The van der Waals surface area contributed by atoms with E-state index in [2.05, 4.69) is 11.4 Å². The number of carbonyl (C=O) groups is 2. The SMILES string of the molecule is Cc1cc(C)cc(NC(=O)C2CC2C(=O)N(C)c2ccccc2)c1. The molecule has 0 spiro atoms. The Kier molecular flexibility index (Phi) is 4.38. The number of benzene rings is 2. The van der Waals surface area contributed by atoms with Crippen molar-refractivity contribution < 1.29 is 9.59 Å². The van der Waals surface area contributed by atoms with Gasteiger partial charge in [0.2, 0.25) is 11.8 Å². The van der Waals surface area contributed by atoms with Gasteiger partial charge in [0, 0.05) is 18.4 Å². The van der Waals surface area contributed by atoms with E-state index in [1.54, 1.807) is 11.9 Å². The summed E-state index contributed by atoms with van der Waals surface area (Å²) in [5.41, 5.74) is 3.87. The summed E-state index contributed by atoms with van der Waals surface area (Å²) < 4.78 is 0. The van der Waals surface area contributed by atoms with Crippen LogP contribution in [0.15, 0.2) is 48.5 Å². The molecule has 1 fully saturated rings. The number of aryl methyl sites for hydroxylation is 2. The number of anilines is 2. The van der Waals surface area contributed by atoms with E-state index < -0.39 is 0 Å². The summed E-state index contributed by atoms with van der Waals surface area (Å²) in [4.78, 5) is 26.6. The summed E-state index contributed by atoms with van der Waals surface area (Å²) >= 11 is 0. The number of nitrogens with one attached hydrogen (secondary N) is 1. The maximum absolute atomic E-state index is 12.5. The minimum atomic E-state index is -0.232. The average molecular weight is 322 g/mol. The monoisotopic (exact) mass is 322 g/mol. The molecule has 2 unspecified atom stereocenters. The average Bonchev–Trinajstić information content (AvgIpc) is 3.34. The standard InChI is InChI=1S/C20H22N2O2/c1-13-9-14(2)11-15(10-13)21-19(23)17-12-18(17)20(24)22(3)16-7-5-4-6-8-16/h4-11,17-18H,12H2,1-3H3,(H,21,23). The molecule has 1 saturated carbocycles. The molecule has 2 amide bonds. The molecule has 4 nitrogen and oxygen atoms in total. The second kappa shape index (κ2) is 6.48. The fourth-order valence-corrected chi connectivity index (χ4v) is 3.07. The quantitative estimate of drug-likeness (QED) is 0.936. The van der Waals surface area contributed by atoms with Crippen LogP contribution in [-0.4, -0.2) is 18.9 Å². The minimum absolute atomic E-state index is 0.00164. The first-order chi connectivity index (χ1) is 11.5. The predicted molar refractivity (Wildman–Crippen MR) is 96.0 cm³/mol. The molecule has 124 valence electrons. The van der Waals surface area contributed by atoms with Crippen LogP contribution in [0.4, 0.5) is 11.4 Å². The molecule has 3 rings (SSSR count). The molecule has 1 aliphatic rings. The summed E-state index contributed by atoms with van der Waals surface area (Å²) in [6, 6.07) is 15.5. The van der Waals surface area contributed by atoms with Crippen molar-refractivity contribution in [2.45, 2.75) is 20.3 Å². The number of nitrogens with zero attached hydrogens (tertiary/aromatic N) is 1. The highest BCUT2D eigenvalue weighted by atomic mass is 16.2. The molecule has 2 atom stereocenters. The van der Waals surface area contributed by atoms with Gasteiger partial charge in [0.15, 0.2) is 0 Å². The molecular formula is C20H22N2O2. The van der Waals surface area contributed by atoms with Gasteiger partial charge in [0.05, 0.1) is 11.8 Å². The molecule has 24 heavy (non-hydrogen) atoms. The van der Waals surface area contributed by atoms with Crippen molar-refractivity contribution in [2.24, 2.45) is 11.8 Å². The third-order valence-corrected chi connectivity index (χ3v) is 4.41. The maximum atomic E-state index is 12.5. The minimum Gasteiger partial charge on any atom is -0.326 e. The summed E-state index contributed by atoms with van der Waals surface area (Å²) in [5.74, 6) is -0.521. The Morgan fingerprint density at radius 2 is 1.62 bits per heavy atom. The van der Waals surface area contributed by atoms with Crippen LogP contribution in [0, 0.1) is 25.7 Å². The molecule has 1 N–H and O–H groups in total. The lowest BCUT2D eigenvalue weighted by atomic mass is 10.1. The number of carbonyl (C=O) groups excluding carboxylic acids is 2. The molecule has 0 radical (unpaired) electrons. The highest BCUT2D eigenvalue weighted by molar-refractivity contribution is 6.04. The van der Waals surface area contributed by atoms with E-state index in [1.165, 1.54) is 0 Å². The summed E-state index contributed by atoms with van der Waals surface area (Å²) in [7, 11) is 1.76. The van der Waals surface area contributed by atoms with Crippen LogP contribution < -0.4 is 10.2 Å². The number of amides is 2. The zero-order chi connectivity index (χ0) is 17.3. The predicted octanol–water partition coefficient (Wildman–Crippen LogP) is 3.54. The van der Waals surface area contributed by atoms with Crippen LogP contribution in [-0.2, 0) is 9.59 Å². The van der Waals surface area contributed by atoms with Crippen molar-refractivity contribution in [3.8, 4) is 0 Å². The summed E-state index contributed by atoms with van der Waals surface area (Å²) in [6.07, 6.45) is 0.618. The van der Waals surface area contributed by atoms with Crippen LogP contribution in [0.5, 0.6) is 0 Å². The van der Waals surface area contributed by atoms with E-state index in [-0.39, 0.29) is 23.7 Å². The molecule has 0 bridgehead atoms. The van der Waals surface area contributed by atoms with Gasteiger partial charge in [-0.2, -0.15) is 0 Å². The van der Waals surface area contributed by atoms with Crippen LogP contribution >= 0.6 is 0 Å². The van der Waals surface area contributed by atoms with E-state index in [1.807, 2.05) is 56.3 Å². The highest BCUT2D eigenvalue weighted by Crippen LogP contribution is 2.41. The number of para-hydroxylation sites is 1. The Morgan fingerprint density at radius 1 is 1.00 bits per heavy atom. The normalized spacial score (nSPS) is 18.8. The van der Waals surface area contributed by atoms with Gasteiger partial charge in [-0.15, -0.1) is 0 Å². The summed E-state index contributed by atoms with van der Waals surface area (Å²) in [6.45, 7) is 4.00. The lowest BCUT2D eigenvalue weighted by Crippen LogP contribution is -2.29. The smallest absolute Gasteiger partial charge is 0.230 e. The number of hydrogen-bond acceptors (Lipinski definition) is 2. The molecule has 0 saturated heterocycles. The van der Waals surface area contributed by atoms with E-state index in [0.29, 0.717) is 6.42 Å². The Morgan fingerprint density at radius 3 is 2.25 bits per heavy atom. The number of rotatable bonds is 4. The van der Waals surface area contributed by atoms with Crippen molar-refractivity contribution in [3.05, 3.63) is 59.7 Å². The van der Waals surface area contributed by atoms with E-state index in [4.69, 9.17) is 0 Å². The van der Waals surface area contributed by atoms with Crippen LogP contribution in [0.3, 0.4) is 0 Å². The zero-order valence-corrected chi connectivity index (χ0v) is 14.2. The molecule has 0 aromatic heterocycles. The van der Waals surface area contributed by atoms with Crippen molar-refractivity contribution in [1.29, 1.82) is 0 Å². The van der Waals surface area contributed by atoms with Gasteiger partial charge in [-0.05, 0) is 55.7 Å². The second-order valence-corrected chi connectivity index (χ2v) is 6.55. The fourth-order valence-electron chi connectivity index (χ4n) is 3.07. The molecule has 1 aliphatic carbocycles. The van der Waals surface area contributed by atoms with Crippen LogP contribution in [0.2, 0.25) is 0 Å². The lowest BCUT2D eigenvalue weighted by molar-refractivity contribution is -0.123. The molecule has 2 aromatic rings. The Labute approximate surface area is 142 Å². The fraction of sp³-hybridized carbons (Fsp3) is 0.300. The van der Waals surface area contributed by atoms with Crippen molar-refractivity contribution in [1.82, 2.24) is 0 Å². The largest absolute Gasteiger partial charge is 0.326 e. The van der Waals surface area contributed by atoms with Gasteiger partial charge >= 0.3 is 0 Å². The van der Waals surface area contributed by atoms with Crippen LogP contribution in [0.25, 0.3) is 0 Å². The van der Waals surface area contributed by atoms with Gasteiger partial charge in [-0.1, -0.05) is 24.3 Å². The second-order valence-electron chi connectivity index (χ2n) is 6.55. The van der Waals surface area contributed by atoms with E-state index >= 15 is 0 Å². The van der Waals surface area contributed by atoms with Crippen molar-refractivity contribution in [3.63, 3.8) is 0 Å². The number of hydrogen-bond donors (Lipinski definition) is 1. The first kappa shape index (κ1) is 16.2. The molecule has 0 aliphatic heterocycles. The zero-order valence-electron chi connectivity index (χ0n) is 14.2. The van der Waals surface area contributed by atoms with Crippen molar-refractivity contribution in [2.75, 3.05) is 17.3 Å². The van der Waals surface area contributed by atoms with E-state index in [9.17, 15) is 9.59 Å². The van der Waals surface area contributed by atoms with E-state index in [0.717, 1.165) is 22.5 Å². The first-order valence-electron chi connectivity index (χ1n) is 8.17. The Bertz CT molecular complexity index is 750.